The first-order valence-corrected chi connectivity index (χ1v) is 7.35. The van der Waals surface area contributed by atoms with Crippen molar-refractivity contribution in [3.63, 3.8) is 0 Å². The highest BCUT2D eigenvalue weighted by molar-refractivity contribution is 5.62. The van der Waals surface area contributed by atoms with Gasteiger partial charge >= 0.3 is 0 Å². The molecule has 4 atom stereocenters. The number of anilines is 1. The number of hydrogen-bond donors (Lipinski definition) is 1. The van der Waals surface area contributed by atoms with Gasteiger partial charge in [-0.3, -0.25) is 10.1 Å². The van der Waals surface area contributed by atoms with Crippen LogP contribution in [0.15, 0.2) is 30.4 Å². The Hall–Kier alpha value is -2.04. The Labute approximate surface area is 124 Å². The molecule has 21 heavy (non-hydrogen) atoms. The van der Waals surface area contributed by atoms with Crippen LogP contribution in [0.1, 0.15) is 19.8 Å². The molecular formula is C16H20N2O3. The highest BCUT2D eigenvalue weighted by atomic mass is 16.6. The van der Waals surface area contributed by atoms with Gasteiger partial charge in [0.2, 0.25) is 0 Å². The molecular weight excluding hydrogens is 268 g/mol. The Morgan fingerprint density at radius 1 is 1.38 bits per heavy atom. The molecule has 0 amide bonds. The molecule has 0 radical (unpaired) electrons. The van der Waals surface area contributed by atoms with Gasteiger partial charge in [0.1, 0.15) is 5.75 Å². The van der Waals surface area contributed by atoms with Gasteiger partial charge in [0.05, 0.1) is 17.7 Å². The Bertz CT molecular complexity index is 585. The van der Waals surface area contributed by atoms with Crippen molar-refractivity contribution in [2.24, 2.45) is 17.8 Å². The highest BCUT2D eigenvalue weighted by Crippen LogP contribution is 2.45. The number of nitro groups is 1. The Kier molecular flexibility index (Phi) is 3.57. The van der Waals surface area contributed by atoms with Gasteiger partial charge < -0.3 is 10.1 Å². The van der Waals surface area contributed by atoms with Crippen molar-refractivity contribution in [1.82, 2.24) is 0 Å². The van der Waals surface area contributed by atoms with Gasteiger partial charge in [-0.05, 0) is 43.6 Å². The number of methoxy groups -OCH3 is 1. The van der Waals surface area contributed by atoms with Gasteiger partial charge in [0.15, 0.2) is 0 Å². The molecule has 0 aromatic heterocycles. The van der Waals surface area contributed by atoms with E-state index in [1.807, 2.05) is 0 Å². The summed E-state index contributed by atoms with van der Waals surface area (Å²) >= 11 is 0. The third-order valence-corrected chi connectivity index (χ3v) is 4.75. The zero-order chi connectivity index (χ0) is 15.0. The first kappa shape index (κ1) is 13.9. The quantitative estimate of drug-likeness (QED) is 0.510. The molecule has 2 aliphatic rings. The number of benzene rings is 1. The molecule has 1 fully saturated rings. The van der Waals surface area contributed by atoms with E-state index in [0.717, 1.165) is 5.92 Å². The molecule has 5 heteroatoms. The number of hydrogen-bond acceptors (Lipinski definition) is 4. The van der Waals surface area contributed by atoms with Crippen LogP contribution in [0.4, 0.5) is 11.4 Å². The fraction of sp³-hybridized carbons (Fsp3) is 0.500. The van der Waals surface area contributed by atoms with Crippen molar-refractivity contribution in [2.45, 2.75) is 25.8 Å². The van der Waals surface area contributed by atoms with Gasteiger partial charge in [0.25, 0.3) is 5.69 Å². The third-order valence-electron chi connectivity index (χ3n) is 4.75. The summed E-state index contributed by atoms with van der Waals surface area (Å²) in [7, 11) is 1.58. The molecule has 0 aliphatic heterocycles. The average Bonchev–Trinajstić information content (AvgIpc) is 3.09. The van der Waals surface area contributed by atoms with E-state index in [0.29, 0.717) is 23.3 Å². The van der Waals surface area contributed by atoms with Crippen LogP contribution in [0, 0.1) is 27.9 Å². The van der Waals surface area contributed by atoms with E-state index in [9.17, 15) is 10.1 Å². The zero-order valence-electron chi connectivity index (χ0n) is 12.3. The summed E-state index contributed by atoms with van der Waals surface area (Å²) in [6.07, 6.45) is 7.10. The SMILES string of the molecule is COc1ccc([N+](=O)[O-])cc1NC(C)C1CC2C=CC1C2. The second kappa shape index (κ2) is 5.39. The number of fused-ring (bicyclic) bond motifs is 2. The van der Waals surface area contributed by atoms with Crippen molar-refractivity contribution in [3.05, 3.63) is 40.5 Å². The van der Waals surface area contributed by atoms with Crippen LogP contribution in [0.5, 0.6) is 5.75 Å². The van der Waals surface area contributed by atoms with Crippen molar-refractivity contribution in [3.8, 4) is 5.75 Å². The van der Waals surface area contributed by atoms with E-state index in [4.69, 9.17) is 4.74 Å². The predicted octanol–water partition coefficient (Wildman–Crippen LogP) is 3.62. The fourth-order valence-corrected chi connectivity index (χ4v) is 3.67. The van der Waals surface area contributed by atoms with E-state index in [2.05, 4.69) is 24.4 Å². The molecule has 5 nitrogen and oxygen atoms in total. The summed E-state index contributed by atoms with van der Waals surface area (Å²) in [6.45, 7) is 2.15. The fourth-order valence-electron chi connectivity index (χ4n) is 3.67. The Morgan fingerprint density at radius 3 is 2.76 bits per heavy atom. The van der Waals surface area contributed by atoms with Crippen LogP contribution in [0.3, 0.4) is 0 Å². The lowest BCUT2D eigenvalue weighted by molar-refractivity contribution is -0.384. The maximum atomic E-state index is 10.9. The number of nitro benzene ring substituents is 1. The average molecular weight is 288 g/mol. The number of ether oxygens (including phenoxy) is 1. The molecule has 1 saturated carbocycles. The summed E-state index contributed by atoms with van der Waals surface area (Å²) in [5.74, 6) is 2.59. The van der Waals surface area contributed by atoms with E-state index >= 15 is 0 Å². The molecule has 1 aromatic carbocycles. The molecule has 2 bridgehead atoms. The molecule has 4 unspecified atom stereocenters. The van der Waals surface area contributed by atoms with E-state index in [1.165, 1.54) is 18.9 Å². The summed E-state index contributed by atoms with van der Waals surface area (Å²) in [6, 6.07) is 4.93. The lowest BCUT2D eigenvalue weighted by Gasteiger charge is -2.27. The maximum absolute atomic E-state index is 10.9. The first-order valence-electron chi connectivity index (χ1n) is 7.35. The lowest BCUT2D eigenvalue weighted by atomic mass is 9.87. The lowest BCUT2D eigenvalue weighted by Crippen LogP contribution is -2.29. The number of nitrogens with one attached hydrogen (secondary N) is 1. The smallest absolute Gasteiger partial charge is 0.271 e. The summed E-state index contributed by atoms with van der Waals surface area (Å²) in [5.41, 5.74) is 0.782. The second-order valence-electron chi connectivity index (χ2n) is 6.02. The van der Waals surface area contributed by atoms with Crippen molar-refractivity contribution in [2.75, 3.05) is 12.4 Å². The third kappa shape index (κ3) is 2.60. The minimum atomic E-state index is -0.379. The van der Waals surface area contributed by atoms with Crippen LogP contribution >= 0.6 is 0 Å². The van der Waals surface area contributed by atoms with Crippen molar-refractivity contribution >= 4 is 11.4 Å². The van der Waals surface area contributed by atoms with Gasteiger partial charge in [0, 0.05) is 18.2 Å². The Balaban J connectivity index is 1.78. The number of rotatable bonds is 5. The number of allylic oxidation sites excluding steroid dienone is 2. The largest absolute Gasteiger partial charge is 0.495 e. The van der Waals surface area contributed by atoms with Gasteiger partial charge in [-0.25, -0.2) is 0 Å². The molecule has 0 saturated heterocycles. The molecule has 1 N–H and O–H groups in total. The monoisotopic (exact) mass is 288 g/mol. The van der Waals surface area contributed by atoms with Gasteiger partial charge in [-0.1, -0.05) is 12.2 Å². The second-order valence-corrected chi connectivity index (χ2v) is 6.02. The first-order chi connectivity index (χ1) is 10.1. The van der Waals surface area contributed by atoms with Gasteiger partial charge in [-0.15, -0.1) is 0 Å². The van der Waals surface area contributed by atoms with Crippen LogP contribution < -0.4 is 10.1 Å². The summed E-state index contributed by atoms with van der Waals surface area (Å²) in [5, 5.41) is 14.3. The standard InChI is InChI=1S/C16H20N2O3/c1-10(14-8-11-3-4-12(14)7-11)17-15-9-13(18(19)20)5-6-16(15)21-2/h3-6,9-12,14,17H,7-8H2,1-2H3. The Morgan fingerprint density at radius 2 is 2.19 bits per heavy atom. The van der Waals surface area contributed by atoms with E-state index < -0.39 is 0 Å². The number of nitrogens with zero attached hydrogens (tertiary/aromatic N) is 1. The summed E-state index contributed by atoms with van der Waals surface area (Å²) < 4.78 is 5.31. The van der Waals surface area contributed by atoms with Crippen molar-refractivity contribution in [1.29, 1.82) is 0 Å². The number of non-ortho nitro benzene ring substituents is 1. The van der Waals surface area contributed by atoms with E-state index in [1.54, 1.807) is 19.2 Å². The van der Waals surface area contributed by atoms with Gasteiger partial charge in [-0.2, -0.15) is 0 Å². The van der Waals surface area contributed by atoms with E-state index in [-0.39, 0.29) is 16.7 Å². The predicted molar refractivity (Wildman–Crippen MR) is 81.6 cm³/mol. The maximum Gasteiger partial charge on any atom is 0.271 e. The molecule has 112 valence electrons. The minimum Gasteiger partial charge on any atom is -0.495 e. The van der Waals surface area contributed by atoms with Crippen LogP contribution in [-0.2, 0) is 0 Å². The molecule has 0 spiro atoms. The molecule has 2 aliphatic carbocycles. The van der Waals surface area contributed by atoms with Crippen LogP contribution in [0.25, 0.3) is 0 Å². The topological polar surface area (TPSA) is 64.4 Å². The molecule has 1 aromatic rings. The summed E-state index contributed by atoms with van der Waals surface area (Å²) in [4.78, 5) is 10.5. The zero-order valence-corrected chi connectivity index (χ0v) is 12.3. The molecule has 0 heterocycles. The minimum absolute atomic E-state index is 0.0818. The van der Waals surface area contributed by atoms with Crippen LogP contribution in [0.2, 0.25) is 0 Å². The normalized spacial score (nSPS) is 27.6. The highest BCUT2D eigenvalue weighted by Gasteiger charge is 2.38. The molecule has 3 rings (SSSR count). The van der Waals surface area contributed by atoms with Crippen molar-refractivity contribution < 1.29 is 9.66 Å². The van der Waals surface area contributed by atoms with Crippen LogP contribution in [-0.4, -0.2) is 18.1 Å².